The Hall–Kier alpha value is -1.42. The predicted octanol–water partition coefficient (Wildman–Crippen LogP) is 2.55. The first kappa shape index (κ1) is 18.4. The van der Waals surface area contributed by atoms with Gasteiger partial charge in [-0.05, 0) is 24.3 Å². The molecule has 0 radical (unpaired) electrons. The van der Waals surface area contributed by atoms with Gasteiger partial charge in [-0.2, -0.15) is 5.26 Å². The first-order valence-corrected chi connectivity index (χ1v) is 10.2. The Labute approximate surface area is 154 Å². The van der Waals surface area contributed by atoms with E-state index in [9.17, 15) is 10.1 Å². The van der Waals surface area contributed by atoms with Gasteiger partial charge in [-0.3, -0.25) is 14.6 Å². The van der Waals surface area contributed by atoms with Gasteiger partial charge in [-0.1, -0.05) is 25.3 Å². The summed E-state index contributed by atoms with van der Waals surface area (Å²) in [5, 5.41) is 11.8. The summed E-state index contributed by atoms with van der Waals surface area (Å²) < 4.78 is 0. The van der Waals surface area contributed by atoms with Gasteiger partial charge in [0, 0.05) is 44.6 Å². The average Bonchev–Trinajstić information content (AvgIpc) is 3.16. The van der Waals surface area contributed by atoms with Gasteiger partial charge in [0.05, 0.1) is 12.6 Å². The number of piperazine rings is 1. The summed E-state index contributed by atoms with van der Waals surface area (Å²) >= 11 is 1.80. The third-order valence-electron chi connectivity index (χ3n) is 5.69. The second kappa shape index (κ2) is 8.31. The molecule has 1 amide bonds. The number of hydrogen-bond acceptors (Lipinski definition) is 5. The zero-order chi connectivity index (χ0) is 17.7. The van der Waals surface area contributed by atoms with Crippen molar-refractivity contribution in [3.8, 4) is 6.07 Å². The Balaban J connectivity index is 1.48. The topological polar surface area (TPSA) is 50.6 Å². The smallest absolute Gasteiger partial charge is 0.237 e. The van der Waals surface area contributed by atoms with Crippen LogP contribution in [0.15, 0.2) is 17.5 Å². The largest absolute Gasteiger partial charge is 0.326 e. The first-order chi connectivity index (χ1) is 12.1. The Morgan fingerprint density at radius 3 is 2.52 bits per heavy atom. The number of thiophene rings is 1. The maximum Gasteiger partial charge on any atom is 0.237 e. The fraction of sp³-hybridized carbons (Fsp3) is 0.684. The molecular formula is C19H28N4OS. The van der Waals surface area contributed by atoms with Crippen molar-refractivity contribution in [3.05, 3.63) is 22.4 Å². The van der Waals surface area contributed by atoms with E-state index in [-0.39, 0.29) is 5.91 Å². The minimum Gasteiger partial charge on any atom is -0.326 e. The predicted molar refractivity (Wildman–Crippen MR) is 100 cm³/mol. The molecule has 0 atom stereocenters. The summed E-state index contributed by atoms with van der Waals surface area (Å²) in [6, 6.07) is 6.73. The lowest BCUT2D eigenvalue weighted by molar-refractivity contribution is -0.136. The van der Waals surface area contributed by atoms with E-state index < -0.39 is 5.54 Å². The van der Waals surface area contributed by atoms with Gasteiger partial charge < -0.3 is 4.90 Å². The highest BCUT2D eigenvalue weighted by atomic mass is 32.1. The van der Waals surface area contributed by atoms with Crippen LogP contribution in [-0.4, -0.2) is 65.9 Å². The van der Waals surface area contributed by atoms with E-state index in [1.807, 2.05) is 7.05 Å². The molecule has 136 valence electrons. The number of rotatable bonds is 5. The average molecular weight is 361 g/mol. The lowest BCUT2D eigenvalue weighted by atomic mass is 9.81. The van der Waals surface area contributed by atoms with Gasteiger partial charge >= 0.3 is 0 Å². The van der Waals surface area contributed by atoms with E-state index >= 15 is 0 Å². The van der Waals surface area contributed by atoms with E-state index in [4.69, 9.17) is 0 Å². The van der Waals surface area contributed by atoms with Crippen molar-refractivity contribution >= 4 is 17.2 Å². The van der Waals surface area contributed by atoms with Crippen LogP contribution in [0.25, 0.3) is 0 Å². The standard InChI is InChI=1S/C19H28N4OS/c1-21(19(16-20)7-3-2-4-8-19)18(24)15-23-11-9-22(10-12-23)14-17-6-5-13-25-17/h5-6,13H,2-4,7-12,14-15H2,1H3. The number of hydrogen-bond donors (Lipinski definition) is 0. The molecule has 0 aromatic carbocycles. The Morgan fingerprint density at radius 2 is 1.92 bits per heavy atom. The SMILES string of the molecule is CN(C(=O)CN1CCN(Cc2cccs2)CC1)C1(C#N)CCCCC1. The van der Waals surface area contributed by atoms with E-state index in [1.54, 1.807) is 16.2 Å². The van der Waals surface area contributed by atoms with Crippen LogP contribution in [0, 0.1) is 11.3 Å². The molecule has 1 saturated heterocycles. The Bertz CT molecular complexity index is 595. The highest BCUT2D eigenvalue weighted by molar-refractivity contribution is 7.09. The van der Waals surface area contributed by atoms with Crippen LogP contribution in [0.1, 0.15) is 37.0 Å². The molecule has 3 rings (SSSR count). The maximum absolute atomic E-state index is 12.7. The van der Waals surface area contributed by atoms with Crippen LogP contribution in [0.5, 0.6) is 0 Å². The monoisotopic (exact) mass is 360 g/mol. The molecule has 0 spiro atoms. The summed E-state index contributed by atoms with van der Waals surface area (Å²) in [4.78, 5) is 20.6. The third kappa shape index (κ3) is 4.41. The van der Waals surface area contributed by atoms with Crippen molar-refractivity contribution in [1.82, 2.24) is 14.7 Å². The van der Waals surface area contributed by atoms with Crippen molar-refractivity contribution in [2.45, 2.75) is 44.2 Å². The first-order valence-electron chi connectivity index (χ1n) is 9.28. The van der Waals surface area contributed by atoms with Gasteiger partial charge in [0.2, 0.25) is 5.91 Å². The van der Waals surface area contributed by atoms with Crippen LogP contribution in [-0.2, 0) is 11.3 Å². The molecule has 2 fully saturated rings. The summed E-state index contributed by atoms with van der Waals surface area (Å²) in [7, 11) is 1.82. The van der Waals surface area contributed by atoms with E-state index in [1.165, 1.54) is 11.3 Å². The third-order valence-corrected chi connectivity index (χ3v) is 6.55. The number of carbonyl (C=O) groups excluding carboxylic acids is 1. The van der Waals surface area contributed by atoms with Crippen molar-refractivity contribution < 1.29 is 4.79 Å². The number of carbonyl (C=O) groups is 1. The van der Waals surface area contributed by atoms with Crippen LogP contribution in [0.2, 0.25) is 0 Å². The molecular weight excluding hydrogens is 332 g/mol. The number of amides is 1. The van der Waals surface area contributed by atoms with Crippen LogP contribution in [0.4, 0.5) is 0 Å². The van der Waals surface area contributed by atoms with E-state index in [2.05, 4.69) is 33.4 Å². The molecule has 0 unspecified atom stereocenters. The van der Waals surface area contributed by atoms with Crippen molar-refractivity contribution in [2.24, 2.45) is 0 Å². The van der Waals surface area contributed by atoms with Gasteiger partial charge in [0.15, 0.2) is 0 Å². The molecule has 1 aliphatic carbocycles. The van der Waals surface area contributed by atoms with Gasteiger partial charge in [-0.15, -0.1) is 11.3 Å². The summed E-state index contributed by atoms with van der Waals surface area (Å²) in [5.74, 6) is 0.0927. The van der Waals surface area contributed by atoms with Crippen LogP contribution >= 0.6 is 11.3 Å². The molecule has 2 aliphatic rings. The van der Waals surface area contributed by atoms with E-state index in [0.29, 0.717) is 6.54 Å². The number of nitrogens with zero attached hydrogens (tertiary/aromatic N) is 4. The second-order valence-corrected chi connectivity index (χ2v) is 8.32. The molecule has 0 N–H and O–H groups in total. The van der Waals surface area contributed by atoms with Gasteiger partial charge in [0.1, 0.15) is 5.54 Å². The normalized spacial score (nSPS) is 21.6. The Morgan fingerprint density at radius 1 is 1.24 bits per heavy atom. The summed E-state index contributed by atoms with van der Waals surface area (Å²) in [6.45, 7) is 5.29. The lowest BCUT2D eigenvalue weighted by Gasteiger charge is -2.41. The molecule has 25 heavy (non-hydrogen) atoms. The van der Waals surface area contributed by atoms with Crippen molar-refractivity contribution in [2.75, 3.05) is 39.8 Å². The molecule has 1 aromatic rings. The number of likely N-dealkylation sites (N-methyl/N-ethyl adjacent to an activating group) is 1. The maximum atomic E-state index is 12.7. The molecule has 1 aromatic heterocycles. The fourth-order valence-corrected chi connectivity index (χ4v) is 4.67. The number of nitriles is 1. The summed E-state index contributed by atoms with van der Waals surface area (Å²) in [5.41, 5.74) is -0.573. The molecule has 2 heterocycles. The molecule has 5 nitrogen and oxygen atoms in total. The zero-order valence-corrected chi connectivity index (χ0v) is 15.9. The highest BCUT2D eigenvalue weighted by Crippen LogP contribution is 2.32. The van der Waals surface area contributed by atoms with Gasteiger partial charge in [0.25, 0.3) is 0 Å². The van der Waals surface area contributed by atoms with Crippen molar-refractivity contribution in [1.29, 1.82) is 5.26 Å². The summed E-state index contributed by atoms with van der Waals surface area (Å²) in [6.07, 6.45) is 4.91. The minimum absolute atomic E-state index is 0.0927. The quantitative estimate of drug-likeness (QED) is 0.810. The lowest BCUT2D eigenvalue weighted by Crippen LogP contribution is -2.54. The van der Waals surface area contributed by atoms with Crippen molar-refractivity contribution in [3.63, 3.8) is 0 Å². The van der Waals surface area contributed by atoms with Gasteiger partial charge in [-0.25, -0.2) is 0 Å². The molecule has 1 saturated carbocycles. The van der Waals surface area contributed by atoms with E-state index in [0.717, 1.165) is 58.4 Å². The zero-order valence-electron chi connectivity index (χ0n) is 15.1. The second-order valence-electron chi connectivity index (χ2n) is 7.29. The minimum atomic E-state index is -0.573. The molecule has 6 heteroatoms. The molecule has 1 aliphatic heterocycles. The van der Waals surface area contributed by atoms with Crippen LogP contribution in [0.3, 0.4) is 0 Å². The fourth-order valence-electron chi connectivity index (χ4n) is 3.92. The molecule has 0 bridgehead atoms. The Kier molecular flexibility index (Phi) is 6.10. The highest BCUT2D eigenvalue weighted by Gasteiger charge is 2.39. The van der Waals surface area contributed by atoms with Crippen LogP contribution < -0.4 is 0 Å².